The fourth-order valence-corrected chi connectivity index (χ4v) is 1.97. The molecule has 0 saturated carbocycles. The van der Waals surface area contributed by atoms with E-state index in [2.05, 4.69) is 18.4 Å². The number of carbonyl (C=O) groups is 2. The first-order valence-corrected chi connectivity index (χ1v) is 5.75. The van der Waals surface area contributed by atoms with Crippen LogP contribution < -0.4 is 0 Å². The minimum atomic E-state index is -1.10. The quantitative estimate of drug-likeness (QED) is 0.434. The second-order valence-electron chi connectivity index (χ2n) is 4.85. The van der Waals surface area contributed by atoms with E-state index in [-0.39, 0.29) is 18.0 Å². The highest BCUT2D eigenvalue weighted by molar-refractivity contribution is 5.97. The maximum Gasteiger partial charge on any atom is 0.202 e. The number of ether oxygens (including phenoxy) is 2. The maximum atomic E-state index is 11.9. The molecule has 0 bridgehead atoms. The van der Waals surface area contributed by atoms with Gasteiger partial charge in [0.1, 0.15) is 6.10 Å². The van der Waals surface area contributed by atoms with Gasteiger partial charge in [-0.05, 0) is 32.8 Å². The van der Waals surface area contributed by atoms with Crippen LogP contribution in [0.3, 0.4) is 0 Å². The molecule has 1 heterocycles. The molecule has 0 aromatic heterocycles. The van der Waals surface area contributed by atoms with Crippen LogP contribution in [-0.4, -0.2) is 29.1 Å². The number of rotatable bonds is 3. The van der Waals surface area contributed by atoms with Gasteiger partial charge in [-0.15, -0.1) is 0 Å². The van der Waals surface area contributed by atoms with Crippen LogP contribution in [0, 0.1) is 11.8 Å². The maximum absolute atomic E-state index is 11.9. The van der Waals surface area contributed by atoms with Crippen molar-refractivity contribution < 1.29 is 19.1 Å². The molecular weight excluding hydrogens is 232 g/mol. The minimum absolute atomic E-state index is 0.218. The summed E-state index contributed by atoms with van der Waals surface area (Å²) in [6, 6.07) is 0. The van der Waals surface area contributed by atoms with Gasteiger partial charge in [0, 0.05) is 13.3 Å². The molecule has 4 heteroatoms. The molecule has 18 heavy (non-hydrogen) atoms. The summed E-state index contributed by atoms with van der Waals surface area (Å²) in [7, 11) is 0. The summed E-state index contributed by atoms with van der Waals surface area (Å²) < 4.78 is 11.3. The van der Waals surface area contributed by atoms with E-state index in [4.69, 9.17) is 9.47 Å². The van der Waals surface area contributed by atoms with Gasteiger partial charge in [-0.3, -0.25) is 9.59 Å². The van der Waals surface area contributed by atoms with Gasteiger partial charge in [0.2, 0.25) is 5.78 Å². The van der Waals surface area contributed by atoms with Gasteiger partial charge >= 0.3 is 0 Å². The third-order valence-corrected chi connectivity index (χ3v) is 2.72. The highest BCUT2D eigenvalue weighted by atomic mass is 16.8. The lowest BCUT2D eigenvalue weighted by atomic mass is 9.92. The van der Waals surface area contributed by atoms with E-state index in [0.717, 1.165) is 0 Å². The molecule has 0 N–H and O–H groups in total. The second-order valence-corrected chi connectivity index (χ2v) is 4.85. The Labute approximate surface area is 107 Å². The number of hydrogen-bond acceptors (Lipinski definition) is 4. The Morgan fingerprint density at radius 2 is 2.00 bits per heavy atom. The molecule has 0 unspecified atom stereocenters. The summed E-state index contributed by atoms with van der Waals surface area (Å²) >= 11 is 0. The van der Waals surface area contributed by atoms with Crippen LogP contribution in [-0.2, 0) is 19.1 Å². The lowest BCUT2D eigenvalue weighted by Gasteiger charge is -2.25. The van der Waals surface area contributed by atoms with Crippen molar-refractivity contribution in [1.29, 1.82) is 0 Å². The monoisotopic (exact) mass is 250 g/mol. The number of Topliss-reactive ketones (excluding diaryl/α,β-unsaturated/α-hetero) is 1. The van der Waals surface area contributed by atoms with Crippen LogP contribution in [0.1, 0.15) is 34.1 Å². The Hall–Kier alpha value is -1.44. The summed E-state index contributed by atoms with van der Waals surface area (Å²) in [5, 5.41) is 0. The van der Waals surface area contributed by atoms with Crippen molar-refractivity contribution in [2.24, 2.45) is 0 Å². The molecule has 1 aliphatic rings. The van der Waals surface area contributed by atoms with E-state index in [1.807, 2.05) is 0 Å². The standard InChI is InChI=1S/C14H18O4/c1-6-11(16)14(5)12(9-7-8-10(2)15)17-13(3,4)18-14/h6,12H,1,9H2,2-5H3/t12-,14+/m1/s1. The Morgan fingerprint density at radius 3 is 2.50 bits per heavy atom. The van der Waals surface area contributed by atoms with Crippen LogP contribution in [0.25, 0.3) is 0 Å². The van der Waals surface area contributed by atoms with Gasteiger partial charge in [-0.25, -0.2) is 0 Å². The molecule has 0 aromatic rings. The predicted molar refractivity (Wildman–Crippen MR) is 66.7 cm³/mol. The molecule has 0 radical (unpaired) electrons. The van der Waals surface area contributed by atoms with Crippen molar-refractivity contribution in [1.82, 2.24) is 0 Å². The fourth-order valence-electron chi connectivity index (χ4n) is 1.97. The van der Waals surface area contributed by atoms with Gasteiger partial charge in [0.15, 0.2) is 17.2 Å². The van der Waals surface area contributed by atoms with Crippen molar-refractivity contribution >= 4 is 11.6 Å². The Kier molecular flexibility index (Phi) is 4.10. The molecular formula is C14H18O4. The molecule has 0 spiro atoms. The topological polar surface area (TPSA) is 52.6 Å². The molecule has 2 atom stereocenters. The van der Waals surface area contributed by atoms with Crippen LogP contribution in [0.15, 0.2) is 12.7 Å². The number of carbonyl (C=O) groups excluding carboxylic acids is 2. The van der Waals surface area contributed by atoms with E-state index in [1.54, 1.807) is 20.8 Å². The lowest BCUT2D eigenvalue weighted by molar-refractivity contribution is -0.167. The molecule has 4 nitrogen and oxygen atoms in total. The first kappa shape index (κ1) is 14.6. The van der Waals surface area contributed by atoms with Crippen molar-refractivity contribution in [3.05, 3.63) is 12.7 Å². The van der Waals surface area contributed by atoms with Crippen LogP contribution in [0.2, 0.25) is 0 Å². The van der Waals surface area contributed by atoms with Gasteiger partial charge in [-0.1, -0.05) is 12.5 Å². The van der Waals surface area contributed by atoms with Crippen molar-refractivity contribution in [2.45, 2.75) is 51.6 Å². The lowest BCUT2D eigenvalue weighted by Crippen LogP contribution is -2.44. The fraction of sp³-hybridized carbons (Fsp3) is 0.571. The number of ketones is 2. The van der Waals surface area contributed by atoms with E-state index < -0.39 is 17.5 Å². The average molecular weight is 250 g/mol. The van der Waals surface area contributed by atoms with Gasteiger partial charge in [-0.2, -0.15) is 0 Å². The summed E-state index contributed by atoms with van der Waals surface area (Å²) in [6.07, 6.45) is 0.972. The zero-order valence-corrected chi connectivity index (χ0v) is 11.2. The normalized spacial score (nSPS) is 29.2. The molecule has 1 fully saturated rings. The van der Waals surface area contributed by atoms with E-state index in [1.165, 1.54) is 13.0 Å². The van der Waals surface area contributed by atoms with Gasteiger partial charge < -0.3 is 9.47 Å². The SMILES string of the molecule is C=CC(=O)[C@]1(C)OC(C)(C)O[C@@H]1CC#CC(C)=O. The Balaban J connectivity index is 2.94. The van der Waals surface area contributed by atoms with Gasteiger partial charge in [0.05, 0.1) is 0 Å². The van der Waals surface area contributed by atoms with Crippen LogP contribution in [0.4, 0.5) is 0 Å². The van der Waals surface area contributed by atoms with E-state index >= 15 is 0 Å². The zero-order valence-electron chi connectivity index (χ0n) is 11.2. The second kappa shape index (κ2) is 5.05. The first-order valence-electron chi connectivity index (χ1n) is 5.75. The smallest absolute Gasteiger partial charge is 0.202 e. The predicted octanol–water partition coefficient (Wildman–Crippen LogP) is 1.63. The Bertz CT molecular complexity index is 438. The van der Waals surface area contributed by atoms with Crippen molar-refractivity contribution in [3.8, 4) is 11.8 Å². The zero-order chi connectivity index (χ0) is 14.0. The van der Waals surface area contributed by atoms with Gasteiger partial charge in [0.25, 0.3) is 0 Å². The van der Waals surface area contributed by atoms with Crippen LogP contribution in [0.5, 0.6) is 0 Å². The first-order chi connectivity index (χ1) is 8.21. The summed E-state index contributed by atoms with van der Waals surface area (Å²) in [5.41, 5.74) is -1.10. The highest BCUT2D eigenvalue weighted by Gasteiger charge is 2.53. The highest BCUT2D eigenvalue weighted by Crippen LogP contribution is 2.38. The molecule has 0 aliphatic carbocycles. The Morgan fingerprint density at radius 1 is 1.39 bits per heavy atom. The molecule has 0 amide bonds. The van der Waals surface area contributed by atoms with Crippen molar-refractivity contribution in [2.75, 3.05) is 0 Å². The average Bonchev–Trinajstić information content (AvgIpc) is 2.48. The third kappa shape index (κ3) is 3.06. The molecule has 1 saturated heterocycles. The minimum Gasteiger partial charge on any atom is -0.343 e. The molecule has 1 aliphatic heterocycles. The third-order valence-electron chi connectivity index (χ3n) is 2.72. The molecule has 0 aromatic carbocycles. The van der Waals surface area contributed by atoms with Crippen molar-refractivity contribution in [3.63, 3.8) is 0 Å². The summed E-state index contributed by atoms with van der Waals surface area (Å²) in [6.45, 7) is 9.98. The summed E-state index contributed by atoms with van der Waals surface area (Å²) in [5.74, 6) is 3.82. The van der Waals surface area contributed by atoms with E-state index in [0.29, 0.717) is 0 Å². The number of hydrogen-bond donors (Lipinski definition) is 0. The summed E-state index contributed by atoms with van der Waals surface area (Å²) in [4.78, 5) is 22.7. The largest absolute Gasteiger partial charge is 0.343 e. The van der Waals surface area contributed by atoms with Crippen LogP contribution >= 0.6 is 0 Å². The van der Waals surface area contributed by atoms with E-state index in [9.17, 15) is 9.59 Å². The molecule has 1 rings (SSSR count). The molecule has 98 valence electrons.